The second-order valence-electron chi connectivity index (χ2n) is 9.15. The Morgan fingerprint density at radius 3 is 2.38 bits per heavy atom. The van der Waals surface area contributed by atoms with Crippen LogP contribution in [0.1, 0.15) is 25.8 Å². The summed E-state index contributed by atoms with van der Waals surface area (Å²) in [4.78, 5) is 27.9. The topological polar surface area (TPSA) is 158 Å². The number of benzene rings is 1. The molecule has 0 radical (unpaired) electrons. The second-order valence-corrected chi connectivity index (χ2v) is 9.15. The number of hydrogen-bond donors (Lipinski definition) is 4. The third-order valence-corrected chi connectivity index (χ3v) is 5.82. The molecule has 37 heavy (non-hydrogen) atoms. The predicted molar refractivity (Wildman–Crippen MR) is 132 cm³/mol. The number of hydrogen-bond acceptors (Lipinski definition) is 10. The average Bonchev–Trinajstić information content (AvgIpc) is 2.88. The van der Waals surface area contributed by atoms with Crippen molar-refractivity contribution in [3.8, 4) is 5.75 Å². The van der Waals surface area contributed by atoms with Gasteiger partial charge in [-0.25, -0.2) is 4.79 Å². The van der Waals surface area contributed by atoms with Crippen LogP contribution in [0.3, 0.4) is 0 Å². The summed E-state index contributed by atoms with van der Waals surface area (Å²) in [5.74, 6) is 0.158. The Balaban J connectivity index is 1.80. The number of rotatable bonds is 14. The smallest absolute Gasteiger partial charge is 0.409 e. The van der Waals surface area contributed by atoms with Crippen molar-refractivity contribution in [2.75, 3.05) is 53.1 Å². The number of amides is 2. The lowest BCUT2D eigenvalue weighted by Gasteiger charge is -2.36. The summed E-state index contributed by atoms with van der Waals surface area (Å²) >= 11 is 0. The molecule has 1 heterocycles. The summed E-state index contributed by atoms with van der Waals surface area (Å²) in [5.41, 5.74) is 0.709. The van der Waals surface area contributed by atoms with Gasteiger partial charge in [0.15, 0.2) is 0 Å². The number of nitrogens with zero attached hydrogens (tertiary/aromatic N) is 2. The molecular formula is C25H40N2O10. The number of aliphatic hydroxyl groups excluding tert-OH is 4. The Morgan fingerprint density at radius 2 is 1.76 bits per heavy atom. The van der Waals surface area contributed by atoms with E-state index in [4.69, 9.17) is 24.1 Å². The van der Waals surface area contributed by atoms with Crippen molar-refractivity contribution in [3.63, 3.8) is 0 Å². The highest BCUT2D eigenvalue weighted by atomic mass is 16.7. The second kappa shape index (κ2) is 15.7. The number of aliphatic hydroxyl groups is 4. The zero-order chi connectivity index (χ0) is 27.4. The quantitative estimate of drug-likeness (QED) is 0.241. The molecule has 1 aromatic carbocycles. The van der Waals surface area contributed by atoms with Crippen LogP contribution in [0.25, 0.3) is 0 Å². The van der Waals surface area contributed by atoms with E-state index in [0.29, 0.717) is 31.0 Å². The van der Waals surface area contributed by atoms with Crippen molar-refractivity contribution >= 4 is 12.0 Å². The predicted octanol–water partition coefficient (Wildman–Crippen LogP) is -0.0436. The van der Waals surface area contributed by atoms with Crippen molar-refractivity contribution in [2.45, 2.75) is 51.5 Å². The van der Waals surface area contributed by atoms with Crippen LogP contribution >= 0.6 is 0 Å². The molecule has 12 nitrogen and oxygen atoms in total. The minimum Gasteiger partial charge on any atom is -0.462 e. The first kappa shape index (κ1) is 30.7. The fraction of sp³-hybridized carbons (Fsp3) is 0.680. The highest BCUT2D eigenvalue weighted by molar-refractivity contribution is 5.78. The number of carbonyl (C=O) groups excluding carboxylic acids is 2. The van der Waals surface area contributed by atoms with Crippen LogP contribution in [0.2, 0.25) is 0 Å². The molecule has 1 aromatic rings. The van der Waals surface area contributed by atoms with Gasteiger partial charge in [0.1, 0.15) is 24.6 Å². The monoisotopic (exact) mass is 528 g/mol. The van der Waals surface area contributed by atoms with Crippen LogP contribution in [-0.4, -0.2) is 120 Å². The van der Waals surface area contributed by atoms with E-state index < -0.39 is 37.3 Å². The molecule has 0 unspecified atom stereocenters. The van der Waals surface area contributed by atoms with Gasteiger partial charge in [-0.05, 0) is 17.7 Å². The zero-order valence-electron chi connectivity index (χ0n) is 21.7. The minimum absolute atomic E-state index is 0.0222. The summed E-state index contributed by atoms with van der Waals surface area (Å²) in [6.45, 7) is 4.60. The van der Waals surface area contributed by atoms with Crippen LogP contribution < -0.4 is 4.74 Å². The van der Waals surface area contributed by atoms with Gasteiger partial charge in [0, 0.05) is 39.0 Å². The molecule has 1 aliphatic rings. The fourth-order valence-corrected chi connectivity index (χ4v) is 3.59. The molecule has 1 aliphatic heterocycles. The summed E-state index contributed by atoms with van der Waals surface area (Å²) in [5, 5.41) is 37.9. The third kappa shape index (κ3) is 10.1. The Kier molecular flexibility index (Phi) is 13.0. The summed E-state index contributed by atoms with van der Waals surface area (Å²) < 4.78 is 21.7. The molecule has 0 saturated carbocycles. The van der Waals surface area contributed by atoms with Crippen LogP contribution in [0.15, 0.2) is 24.3 Å². The maximum absolute atomic E-state index is 12.4. The number of carbonyl (C=O) groups is 2. The van der Waals surface area contributed by atoms with Gasteiger partial charge in [0.2, 0.25) is 12.2 Å². The standard InChI is InChI=1S/C25H40N2O10/c1-17(2)23(32)27(10-12-34-13-11-28)9-8-26(3)25(33)35-16-18-4-6-19(7-5-18)36-24-21(31)14-20(30)22(15-29)37-24/h4-7,17,20-22,24,28-31H,8-16H2,1-3H3/t20-,21-,22-,24-/m1/s1. The molecule has 4 N–H and O–H groups in total. The Hall–Kier alpha value is -2.48. The fourth-order valence-electron chi connectivity index (χ4n) is 3.59. The average molecular weight is 529 g/mol. The molecular weight excluding hydrogens is 488 g/mol. The van der Waals surface area contributed by atoms with Gasteiger partial charge in [-0.15, -0.1) is 0 Å². The lowest BCUT2D eigenvalue weighted by Crippen LogP contribution is -2.50. The molecule has 2 amide bonds. The first-order chi connectivity index (χ1) is 17.7. The van der Waals surface area contributed by atoms with Crippen LogP contribution in [0.4, 0.5) is 4.79 Å². The van der Waals surface area contributed by atoms with Crippen LogP contribution in [0, 0.1) is 5.92 Å². The van der Waals surface area contributed by atoms with Crippen molar-refractivity contribution < 1.29 is 49.0 Å². The Morgan fingerprint density at radius 1 is 1.05 bits per heavy atom. The lowest BCUT2D eigenvalue weighted by atomic mass is 10.0. The van der Waals surface area contributed by atoms with E-state index in [1.54, 1.807) is 50.1 Å². The first-order valence-electron chi connectivity index (χ1n) is 12.4. The van der Waals surface area contributed by atoms with Crippen molar-refractivity contribution in [2.24, 2.45) is 5.92 Å². The molecule has 0 bridgehead atoms. The lowest BCUT2D eigenvalue weighted by molar-refractivity contribution is -0.240. The summed E-state index contributed by atoms with van der Waals surface area (Å²) in [7, 11) is 1.59. The van der Waals surface area contributed by atoms with E-state index in [1.165, 1.54) is 4.90 Å². The number of ether oxygens (including phenoxy) is 4. The molecule has 1 saturated heterocycles. The van der Waals surface area contributed by atoms with Gasteiger partial charge >= 0.3 is 6.09 Å². The summed E-state index contributed by atoms with van der Waals surface area (Å²) in [6.07, 6.45) is -4.40. The van der Waals surface area contributed by atoms with Gasteiger partial charge in [-0.3, -0.25) is 4.79 Å². The third-order valence-electron chi connectivity index (χ3n) is 5.82. The normalized spacial score (nSPS) is 21.5. The molecule has 2 rings (SSSR count). The van der Waals surface area contributed by atoms with Gasteiger partial charge in [0.05, 0.1) is 32.5 Å². The van der Waals surface area contributed by atoms with Crippen molar-refractivity contribution in [1.82, 2.24) is 9.80 Å². The van der Waals surface area contributed by atoms with Gasteiger partial charge in [-0.1, -0.05) is 26.0 Å². The van der Waals surface area contributed by atoms with Crippen LogP contribution in [0.5, 0.6) is 5.75 Å². The molecule has 0 aromatic heterocycles. The van der Waals surface area contributed by atoms with Gasteiger partial charge in [-0.2, -0.15) is 0 Å². The largest absolute Gasteiger partial charge is 0.462 e. The maximum Gasteiger partial charge on any atom is 0.409 e. The maximum atomic E-state index is 12.4. The van der Waals surface area contributed by atoms with E-state index in [-0.39, 0.29) is 44.6 Å². The molecule has 0 spiro atoms. The van der Waals surface area contributed by atoms with Crippen LogP contribution in [-0.2, 0) is 25.6 Å². The summed E-state index contributed by atoms with van der Waals surface area (Å²) in [6, 6.07) is 6.67. The van der Waals surface area contributed by atoms with Crippen molar-refractivity contribution in [3.05, 3.63) is 29.8 Å². The van der Waals surface area contributed by atoms with E-state index in [2.05, 4.69) is 0 Å². The zero-order valence-corrected chi connectivity index (χ0v) is 21.7. The highest BCUT2D eigenvalue weighted by Gasteiger charge is 2.37. The Labute approximate surface area is 217 Å². The van der Waals surface area contributed by atoms with E-state index in [9.17, 15) is 24.9 Å². The molecule has 210 valence electrons. The van der Waals surface area contributed by atoms with Crippen molar-refractivity contribution in [1.29, 1.82) is 0 Å². The Bertz CT molecular complexity index is 822. The minimum atomic E-state index is -1.05. The molecule has 4 atom stereocenters. The highest BCUT2D eigenvalue weighted by Crippen LogP contribution is 2.24. The van der Waals surface area contributed by atoms with E-state index in [0.717, 1.165) is 0 Å². The first-order valence-corrected chi connectivity index (χ1v) is 12.4. The van der Waals surface area contributed by atoms with E-state index >= 15 is 0 Å². The number of likely N-dealkylation sites (N-methyl/N-ethyl adjacent to an activating group) is 1. The molecule has 12 heteroatoms. The van der Waals surface area contributed by atoms with E-state index in [1.807, 2.05) is 0 Å². The SMILES string of the molecule is CC(C)C(=O)N(CCOCCO)CCN(C)C(=O)OCc1ccc(O[C@@H]2O[C@H](CO)[C@H](O)C[C@H]2O)cc1. The van der Waals surface area contributed by atoms with Gasteiger partial charge < -0.3 is 49.2 Å². The van der Waals surface area contributed by atoms with Gasteiger partial charge in [0.25, 0.3) is 0 Å². The molecule has 1 fully saturated rings. The molecule has 0 aliphatic carbocycles.